The molecule has 0 radical (unpaired) electrons. The molecule has 0 saturated carbocycles. The predicted molar refractivity (Wildman–Crippen MR) is 91.6 cm³/mol. The Morgan fingerprint density at radius 2 is 2.04 bits per heavy atom. The molecule has 1 saturated heterocycles. The van der Waals surface area contributed by atoms with E-state index < -0.39 is 5.97 Å². The van der Waals surface area contributed by atoms with Crippen molar-refractivity contribution in [2.75, 3.05) is 35.1 Å². The predicted octanol–water partition coefficient (Wildman–Crippen LogP) is -0.864. The molecule has 6 nitrogen and oxygen atoms in total. The van der Waals surface area contributed by atoms with Gasteiger partial charge in [0, 0.05) is 0 Å². The summed E-state index contributed by atoms with van der Waals surface area (Å²) in [5, 5.41) is 8.97. The molecule has 140 valence electrons. The molecule has 0 bridgehead atoms. The summed E-state index contributed by atoms with van der Waals surface area (Å²) in [5.74, 6) is -0.941. The normalized spacial score (nSPS) is 17.5. The van der Waals surface area contributed by atoms with Gasteiger partial charge in [0.2, 0.25) is 0 Å². The number of urea groups is 1. The molecule has 1 N–H and O–H groups in total. The summed E-state index contributed by atoms with van der Waals surface area (Å²) in [7, 11) is 0. The van der Waals surface area contributed by atoms with Gasteiger partial charge < -0.3 is 5.11 Å². The van der Waals surface area contributed by atoms with Crippen molar-refractivity contribution < 1.29 is 40.6 Å². The van der Waals surface area contributed by atoms with Crippen LogP contribution in [0.25, 0.3) is 0 Å². The fourth-order valence-electron chi connectivity index (χ4n) is 2.71. The van der Waals surface area contributed by atoms with E-state index in [1.807, 2.05) is 11.8 Å². The number of carboxylic acid groups (broad SMARTS) is 1. The first-order valence-corrected chi connectivity index (χ1v) is 11.6. The molecule has 1 heterocycles. The van der Waals surface area contributed by atoms with E-state index in [2.05, 4.69) is 6.92 Å². The van der Waals surface area contributed by atoms with Gasteiger partial charge in [-0.25, -0.2) is 4.79 Å². The average Bonchev–Trinajstić information content (AvgIpc) is 2.64. The summed E-state index contributed by atoms with van der Waals surface area (Å²) in [6, 6.07) is 6.73. The summed E-state index contributed by atoms with van der Waals surface area (Å²) < 4.78 is 8.12. The van der Waals surface area contributed by atoms with Gasteiger partial charge >= 0.3 is 150 Å². The molecule has 1 aliphatic rings. The molecule has 1 aromatic rings. The standard InChI is InChI=1S/C18H26IN2O4/c1-3-19-11-16-13-21(9-10-25-16)18(24)20(4-2)12-14-5-7-15(8-6-14)17(22)23/h5-8,16H,3-4,9-13H2,1-2H3,(H,22,23)/q-1. The molecule has 0 aromatic heterocycles. The molecule has 0 spiro atoms. The molecule has 25 heavy (non-hydrogen) atoms. The monoisotopic (exact) mass is 461 g/mol. The Labute approximate surface area is 159 Å². The van der Waals surface area contributed by atoms with Crippen LogP contribution in [0.4, 0.5) is 4.79 Å². The summed E-state index contributed by atoms with van der Waals surface area (Å²) in [4.78, 5) is 27.5. The minimum absolute atomic E-state index is 0.0350. The van der Waals surface area contributed by atoms with E-state index in [0.717, 1.165) is 9.99 Å². The Morgan fingerprint density at radius 3 is 2.64 bits per heavy atom. The zero-order chi connectivity index (χ0) is 18.2. The van der Waals surface area contributed by atoms with Gasteiger partial charge in [0.15, 0.2) is 0 Å². The second kappa shape index (κ2) is 9.96. The van der Waals surface area contributed by atoms with Gasteiger partial charge in [-0.3, -0.25) is 0 Å². The van der Waals surface area contributed by atoms with Crippen molar-refractivity contribution in [3.63, 3.8) is 0 Å². The van der Waals surface area contributed by atoms with Gasteiger partial charge in [-0.15, -0.1) is 0 Å². The fourth-order valence-corrected chi connectivity index (χ4v) is 4.56. The van der Waals surface area contributed by atoms with Gasteiger partial charge in [-0.1, -0.05) is 0 Å². The number of nitrogens with zero attached hydrogens (tertiary/aromatic N) is 2. The molecule has 1 unspecified atom stereocenters. The topological polar surface area (TPSA) is 70.1 Å². The minimum atomic E-state index is -0.941. The number of hydrogen-bond donors (Lipinski definition) is 1. The molecule has 7 heteroatoms. The van der Waals surface area contributed by atoms with Crippen LogP contribution in [-0.4, -0.2) is 68.1 Å². The first-order valence-electron chi connectivity index (χ1n) is 8.56. The van der Waals surface area contributed by atoms with E-state index in [0.29, 0.717) is 32.8 Å². The summed E-state index contributed by atoms with van der Waals surface area (Å²) in [5.41, 5.74) is 1.19. The number of carboxylic acids is 1. The third-order valence-corrected chi connectivity index (χ3v) is 6.79. The summed E-state index contributed by atoms with van der Waals surface area (Å²) >= 11 is 0.170. The number of hydrogen-bond acceptors (Lipinski definition) is 3. The molecule has 0 aliphatic carbocycles. The van der Waals surface area contributed by atoms with E-state index >= 15 is 0 Å². The van der Waals surface area contributed by atoms with Crippen LogP contribution in [0.3, 0.4) is 0 Å². The Morgan fingerprint density at radius 1 is 1.32 bits per heavy atom. The van der Waals surface area contributed by atoms with Crippen LogP contribution < -0.4 is 21.2 Å². The number of halogens is 1. The second-order valence-corrected chi connectivity index (χ2v) is 9.33. The maximum absolute atomic E-state index is 12.8. The van der Waals surface area contributed by atoms with Gasteiger partial charge in [0.05, 0.1) is 0 Å². The van der Waals surface area contributed by atoms with E-state index in [-0.39, 0.29) is 38.9 Å². The van der Waals surface area contributed by atoms with Crippen molar-refractivity contribution >= 4 is 12.0 Å². The third-order valence-electron chi connectivity index (χ3n) is 4.11. The molecule has 1 fully saturated rings. The SMILES string of the molecule is CC[I-]CC1CN(C(=O)N(CC)Cc2ccc(C(=O)O)cc2)CCO1. The van der Waals surface area contributed by atoms with Crippen molar-refractivity contribution in [2.24, 2.45) is 0 Å². The van der Waals surface area contributed by atoms with Crippen LogP contribution in [0.5, 0.6) is 0 Å². The van der Waals surface area contributed by atoms with Crippen LogP contribution in [0.1, 0.15) is 29.8 Å². The van der Waals surface area contributed by atoms with E-state index in [1.54, 1.807) is 29.2 Å². The van der Waals surface area contributed by atoms with E-state index in [4.69, 9.17) is 9.84 Å². The van der Waals surface area contributed by atoms with Crippen molar-refractivity contribution in [1.82, 2.24) is 9.80 Å². The number of carbonyl (C=O) groups is 2. The second-order valence-electron chi connectivity index (χ2n) is 5.85. The first kappa shape index (κ1) is 20.0. The molecular formula is C18H26IN2O4-. The van der Waals surface area contributed by atoms with E-state index in [9.17, 15) is 9.59 Å². The third kappa shape index (κ3) is 5.85. The van der Waals surface area contributed by atoms with Gasteiger partial charge in [-0.2, -0.15) is 0 Å². The van der Waals surface area contributed by atoms with Gasteiger partial charge in [0.25, 0.3) is 0 Å². The van der Waals surface area contributed by atoms with Crippen LogP contribution in [0, 0.1) is 0 Å². The van der Waals surface area contributed by atoms with Crippen molar-refractivity contribution in [3.05, 3.63) is 35.4 Å². The Balaban J connectivity index is 1.96. The summed E-state index contributed by atoms with van der Waals surface area (Å²) in [6.07, 6.45) is 0.180. The number of benzene rings is 1. The zero-order valence-electron chi connectivity index (χ0n) is 14.8. The van der Waals surface area contributed by atoms with Crippen molar-refractivity contribution in [2.45, 2.75) is 26.5 Å². The van der Waals surface area contributed by atoms with Crippen LogP contribution in [0.2, 0.25) is 0 Å². The Hall–Kier alpha value is -1.35. The number of rotatable bonds is 7. The molecule has 1 aromatic carbocycles. The van der Waals surface area contributed by atoms with Crippen molar-refractivity contribution in [1.29, 1.82) is 0 Å². The molecule has 1 atom stereocenters. The molecule has 1 aliphatic heterocycles. The molecule has 2 amide bonds. The first-order chi connectivity index (χ1) is 12.0. The Bertz CT molecular complexity index is 579. The Kier molecular flexibility index (Phi) is 7.95. The quantitative estimate of drug-likeness (QED) is 0.424. The zero-order valence-corrected chi connectivity index (χ0v) is 16.9. The maximum atomic E-state index is 12.8. The van der Waals surface area contributed by atoms with Gasteiger partial charge in [-0.05, 0) is 0 Å². The van der Waals surface area contributed by atoms with Crippen molar-refractivity contribution in [3.8, 4) is 0 Å². The number of alkyl halides is 2. The number of ether oxygens (including phenoxy) is 1. The number of morpholine rings is 1. The summed E-state index contributed by atoms with van der Waals surface area (Å²) in [6.45, 7) is 7.18. The fraction of sp³-hybridized carbons (Fsp3) is 0.556. The van der Waals surface area contributed by atoms with E-state index in [1.165, 1.54) is 4.43 Å². The molecule has 2 rings (SSSR count). The number of amides is 2. The molecular weight excluding hydrogens is 435 g/mol. The average molecular weight is 461 g/mol. The number of carbonyl (C=O) groups excluding carboxylic acids is 1. The van der Waals surface area contributed by atoms with Crippen LogP contribution in [0.15, 0.2) is 24.3 Å². The van der Waals surface area contributed by atoms with Crippen LogP contribution >= 0.6 is 0 Å². The van der Waals surface area contributed by atoms with Crippen LogP contribution in [-0.2, 0) is 11.3 Å². The number of aromatic carboxylic acids is 1. The van der Waals surface area contributed by atoms with Gasteiger partial charge in [0.1, 0.15) is 0 Å².